The first-order valence-corrected chi connectivity index (χ1v) is 9.90. The van der Waals surface area contributed by atoms with Gasteiger partial charge in [-0.15, -0.1) is 0 Å². The molecule has 0 saturated carbocycles. The van der Waals surface area contributed by atoms with Crippen LogP contribution in [0.15, 0.2) is 24.5 Å². The van der Waals surface area contributed by atoms with Gasteiger partial charge in [0.15, 0.2) is 0 Å². The van der Waals surface area contributed by atoms with Gasteiger partial charge in [-0.25, -0.2) is 9.97 Å². The van der Waals surface area contributed by atoms with Crippen molar-refractivity contribution in [2.24, 2.45) is 5.92 Å². The summed E-state index contributed by atoms with van der Waals surface area (Å²) in [6, 6.07) is 3.79. The molecule has 7 heteroatoms. The molecule has 0 aromatic carbocycles. The molecule has 1 atom stereocenters. The molecule has 0 spiro atoms. The van der Waals surface area contributed by atoms with Gasteiger partial charge in [0.1, 0.15) is 5.82 Å². The third-order valence-corrected chi connectivity index (χ3v) is 5.52. The number of fused-ring (bicyclic) bond motifs is 1. The minimum Gasteiger partial charge on any atom is -0.355 e. The smallest absolute Gasteiger partial charge is 0.225 e. The van der Waals surface area contributed by atoms with E-state index in [1.165, 1.54) is 11.3 Å². The predicted molar refractivity (Wildman–Crippen MR) is 103 cm³/mol. The van der Waals surface area contributed by atoms with E-state index in [9.17, 15) is 9.59 Å². The van der Waals surface area contributed by atoms with E-state index in [0.29, 0.717) is 26.1 Å². The van der Waals surface area contributed by atoms with E-state index >= 15 is 0 Å². The zero-order valence-electron chi connectivity index (χ0n) is 16.1. The first-order valence-electron chi connectivity index (χ1n) is 9.90. The van der Waals surface area contributed by atoms with E-state index in [4.69, 9.17) is 0 Å². The van der Waals surface area contributed by atoms with Crippen molar-refractivity contribution in [1.82, 2.24) is 25.2 Å². The van der Waals surface area contributed by atoms with Crippen molar-refractivity contribution in [3.05, 3.63) is 52.9 Å². The lowest BCUT2D eigenvalue weighted by atomic mass is 10.1. The lowest BCUT2D eigenvalue weighted by Crippen LogP contribution is -2.34. The molecule has 4 rings (SSSR count). The number of likely N-dealkylation sites (tertiary alicyclic amines) is 1. The van der Waals surface area contributed by atoms with E-state index in [0.717, 1.165) is 36.3 Å². The van der Waals surface area contributed by atoms with Crippen LogP contribution in [-0.4, -0.2) is 44.8 Å². The first-order chi connectivity index (χ1) is 13.6. The fourth-order valence-corrected chi connectivity index (χ4v) is 4.05. The highest BCUT2D eigenvalue weighted by Crippen LogP contribution is 2.22. The molecule has 1 aliphatic carbocycles. The summed E-state index contributed by atoms with van der Waals surface area (Å²) in [4.78, 5) is 39.8. The molecule has 0 bridgehead atoms. The van der Waals surface area contributed by atoms with Gasteiger partial charge in [-0.3, -0.25) is 14.6 Å². The number of aromatic nitrogens is 3. The molecule has 3 heterocycles. The molecule has 2 aromatic rings. The number of nitrogens with zero attached hydrogens (tertiary/aromatic N) is 4. The van der Waals surface area contributed by atoms with Crippen LogP contribution in [0.1, 0.15) is 41.2 Å². The number of pyridine rings is 1. The summed E-state index contributed by atoms with van der Waals surface area (Å²) in [5.74, 6) is 0.438. The Labute approximate surface area is 164 Å². The summed E-state index contributed by atoms with van der Waals surface area (Å²) in [5.41, 5.74) is 4.50. The number of rotatable bonds is 6. The number of carbonyl (C=O) groups is 2. The average molecular weight is 379 g/mol. The average Bonchev–Trinajstić information content (AvgIpc) is 3.30. The van der Waals surface area contributed by atoms with Crippen LogP contribution in [-0.2, 0) is 35.4 Å². The molecule has 1 saturated heterocycles. The van der Waals surface area contributed by atoms with E-state index in [1.807, 2.05) is 19.1 Å². The molecule has 1 fully saturated rings. The second-order valence-corrected chi connectivity index (χ2v) is 7.58. The second-order valence-electron chi connectivity index (χ2n) is 7.58. The van der Waals surface area contributed by atoms with Crippen LogP contribution in [0.25, 0.3) is 0 Å². The maximum atomic E-state index is 12.5. The fraction of sp³-hybridized carbons (Fsp3) is 0.476. The Hall–Kier alpha value is -2.83. The molecule has 2 aliphatic rings. The summed E-state index contributed by atoms with van der Waals surface area (Å²) in [6.45, 7) is 3.48. The van der Waals surface area contributed by atoms with E-state index in [2.05, 4.69) is 20.3 Å². The molecule has 1 N–H and O–H groups in total. The quantitative estimate of drug-likeness (QED) is 0.819. The number of amides is 2. The van der Waals surface area contributed by atoms with Crippen LogP contribution >= 0.6 is 0 Å². The zero-order chi connectivity index (χ0) is 19.5. The summed E-state index contributed by atoms with van der Waals surface area (Å²) in [6.07, 6.45) is 7.58. The number of hydrogen-bond acceptors (Lipinski definition) is 5. The predicted octanol–water partition coefficient (Wildman–Crippen LogP) is 1.38. The Morgan fingerprint density at radius 2 is 2.21 bits per heavy atom. The van der Waals surface area contributed by atoms with Crippen LogP contribution in [0.2, 0.25) is 0 Å². The van der Waals surface area contributed by atoms with Gasteiger partial charge in [-0.2, -0.15) is 0 Å². The van der Waals surface area contributed by atoms with E-state index < -0.39 is 0 Å². The lowest BCUT2D eigenvalue weighted by molar-refractivity contribution is -0.129. The fourth-order valence-electron chi connectivity index (χ4n) is 4.05. The lowest BCUT2D eigenvalue weighted by Gasteiger charge is -2.16. The molecular formula is C21H25N5O2. The number of aryl methyl sites for hydroxylation is 2. The number of carbonyl (C=O) groups excluding carboxylic acids is 2. The molecule has 7 nitrogen and oxygen atoms in total. The van der Waals surface area contributed by atoms with Gasteiger partial charge in [0.25, 0.3) is 0 Å². The molecular weight excluding hydrogens is 354 g/mol. The Bertz CT molecular complexity index is 884. The van der Waals surface area contributed by atoms with Crippen LogP contribution in [0.3, 0.4) is 0 Å². The molecule has 1 aliphatic heterocycles. The van der Waals surface area contributed by atoms with Crippen molar-refractivity contribution in [2.75, 3.05) is 13.1 Å². The Kier molecular flexibility index (Phi) is 5.32. The zero-order valence-corrected chi connectivity index (χ0v) is 16.1. The maximum absolute atomic E-state index is 12.5. The van der Waals surface area contributed by atoms with Crippen LogP contribution in [0, 0.1) is 12.8 Å². The highest BCUT2D eigenvalue weighted by Gasteiger charge is 2.34. The van der Waals surface area contributed by atoms with Crippen LogP contribution < -0.4 is 5.32 Å². The van der Waals surface area contributed by atoms with Gasteiger partial charge in [-0.05, 0) is 43.4 Å². The minimum absolute atomic E-state index is 0.0154. The SMILES string of the molecule is Cc1nc(CCNC(=O)[C@@H]2CC(=O)N(Cc3cccnc3)C2)nc2c1CCC2. The van der Waals surface area contributed by atoms with Crippen molar-refractivity contribution in [3.8, 4) is 0 Å². The van der Waals surface area contributed by atoms with Crippen molar-refractivity contribution in [3.63, 3.8) is 0 Å². The van der Waals surface area contributed by atoms with Crippen LogP contribution in [0.4, 0.5) is 0 Å². The molecule has 28 heavy (non-hydrogen) atoms. The van der Waals surface area contributed by atoms with Gasteiger partial charge in [0.05, 0.1) is 5.92 Å². The van der Waals surface area contributed by atoms with Gasteiger partial charge < -0.3 is 10.2 Å². The maximum Gasteiger partial charge on any atom is 0.225 e. The minimum atomic E-state index is -0.299. The van der Waals surface area contributed by atoms with Crippen molar-refractivity contribution >= 4 is 11.8 Å². The van der Waals surface area contributed by atoms with Gasteiger partial charge in [0.2, 0.25) is 11.8 Å². The standard InChI is InChI=1S/C21H25N5O2/c1-14-17-5-2-6-18(17)25-19(24-14)7-9-23-21(28)16-10-20(27)26(13-16)12-15-4-3-8-22-11-15/h3-4,8,11,16H,2,5-7,9-10,12-13H2,1H3,(H,23,28)/t16-/m1/s1. The first kappa shape index (κ1) is 18.5. The van der Waals surface area contributed by atoms with Gasteiger partial charge in [-0.1, -0.05) is 6.07 Å². The number of hydrogen-bond donors (Lipinski definition) is 1. The Morgan fingerprint density at radius 1 is 1.32 bits per heavy atom. The molecule has 146 valence electrons. The Morgan fingerprint density at radius 3 is 3.04 bits per heavy atom. The van der Waals surface area contributed by atoms with Gasteiger partial charge >= 0.3 is 0 Å². The summed E-state index contributed by atoms with van der Waals surface area (Å²) in [7, 11) is 0. The summed E-state index contributed by atoms with van der Waals surface area (Å²) in [5, 5.41) is 2.96. The second kappa shape index (κ2) is 8.04. The largest absolute Gasteiger partial charge is 0.355 e. The highest BCUT2D eigenvalue weighted by molar-refractivity contribution is 5.89. The van der Waals surface area contributed by atoms with E-state index in [1.54, 1.807) is 17.3 Å². The van der Waals surface area contributed by atoms with Gasteiger partial charge in [0, 0.05) is 56.3 Å². The number of nitrogens with one attached hydrogen (secondary N) is 1. The molecule has 0 unspecified atom stereocenters. The monoisotopic (exact) mass is 379 g/mol. The Balaban J connectivity index is 1.28. The van der Waals surface area contributed by atoms with Crippen molar-refractivity contribution in [2.45, 2.75) is 45.6 Å². The third-order valence-electron chi connectivity index (χ3n) is 5.52. The molecule has 0 radical (unpaired) electrons. The topological polar surface area (TPSA) is 88.1 Å². The third kappa shape index (κ3) is 4.03. The molecule has 2 amide bonds. The summed E-state index contributed by atoms with van der Waals surface area (Å²) < 4.78 is 0. The van der Waals surface area contributed by atoms with E-state index in [-0.39, 0.29) is 24.2 Å². The van der Waals surface area contributed by atoms with Crippen LogP contribution in [0.5, 0.6) is 0 Å². The van der Waals surface area contributed by atoms with Crippen molar-refractivity contribution < 1.29 is 9.59 Å². The summed E-state index contributed by atoms with van der Waals surface area (Å²) >= 11 is 0. The highest BCUT2D eigenvalue weighted by atomic mass is 16.2. The molecule has 2 aromatic heterocycles. The normalized spacial score (nSPS) is 18.4. The van der Waals surface area contributed by atoms with Crippen molar-refractivity contribution in [1.29, 1.82) is 0 Å².